The van der Waals surface area contributed by atoms with E-state index in [1.165, 1.54) is 0 Å². The van der Waals surface area contributed by atoms with Gasteiger partial charge in [0.05, 0.1) is 6.54 Å². The molecule has 2 atom stereocenters. The molecule has 0 radical (unpaired) electrons. The van der Waals surface area contributed by atoms with Crippen LogP contribution < -0.4 is 10.6 Å². The highest BCUT2D eigenvalue weighted by Crippen LogP contribution is 2.44. The number of amides is 2. The minimum absolute atomic E-state index is 0.106. The maximum absolute atomic E-state index is 12.5. The number of ether oxygens (including phenoxy) is 1. The Hall–Kier alpha value is -3.39. The number of carbonyl (C=O) groups excluding carboxylic acids is 2. The number of hydrogen-bond acceptors (Lipinski definition) is 5. The molecule has 0 saturated heterocycles. The first kappa shape index (κ1) is 23.3. The number of aliphatic carboxylic acids is 1. The molecule has 2 aromatic carbocycles. The Kier molecular flexibility index (Phi) is 6.84. The van der Waals surface area contributed by atoms with Gasteiger partial charge in [-0.3, -0.25) is 4.79 Å². The largest absolute Gasteiger partial charge is 0.479 e. The molecule has 0 heterocycles. The van der Waals surface area contributed by atoms with Crippen LogP contribution in [0.2, 0.25) is 0 Å². The summed E-state index contributed by atoms with van der Waals surface area (Å²) in [5, 5.41) is 23.7. The molecule has 8 heteroatoms. The Bertz CT molecular complexity index is 972. The highest BCUT2D eigenvalue weighted by atomic mass is 16.5. The summed E-state index contributed by atoms with van der Waals surface area (Å²) in [5.41, 5.74) is 2.27. The van der Waals surface area contributed by atoms with Gasteiger partial charge in [-0.25, -0.2) is 9.59 Å². The molecule has 1 aliphatic rings. The Morgan fingerprint density at radius 2 is 1.56 bits per heavy atom. The van der Waals surface area contributed by atoms with E-state index in [1.54, 1.807) is 13.8 Å². The first-order chi connectivity index (χ1) is 15.1. The van der Waals surface area contributed by atoms with Gasteiger partial charge in [0.1, 0.15) is 12.6 Å². The number of rotatable bonds is 8. The van der Waals surface area contributed by atoms with E-state index >= 15 is 0 Å². The fourth-order valence-corrected chi connectivity index (χ4v) is 3.75. The van der Waals surface area contributed by atoms with Gasteiger partial charge in [0, 0.05) is 5.92 Å². The van der Waals surface area contributed by atoms with Gasteiger partial charge in [-0.15, -0.1) is 0 Å². The molecule has 0 bridgehead atoms. The number of nitrogens with one attached hydrogen (secondary N) is 2. The molecular formula is C24H28N2O6. The van der Waals surface area contributed by atoms with Crippen LogP contribution in [-0.2, 0) is 14.3 Å². The predicted molar refractivity (Wildman–Crippen MR) is 118 cm³/mol. The first-order valence-electron chi connectivity index (χ1n) is 10.5. The molecule has 0 fully saturated rings. The number of aliphatic hydroxyl groups is 1. The van der Waals surface area contributed by atoms with Gasteiger partial charge in [-0.05, 0) is 35.1 Å². The minimum atomic E-state index is -2.11. The van der Waals surface area contributed by atoms with Crippen LogP contribution in [0.3, 0.4) is 0 Å². The summed E-state index contributed by atoms with van der Waals surface area (Å²) in [6.45, 7) is 4.18. The summed E-state index contributed by atoms with van der Waals surface area (Å²) in [6.07, 6.45) is -0.745. The van der Waals surface area contributed by atoms with Crippen molar-refractivity contribution in [2.24, 2.45) is 5.92 Å². The van der Waals surface area contributed by atoms with E-state index in [0.717, 1.165) is 29.2 Å². The van der Waals surface area contributed by atoms with Crippen LogP contribution in [-0.4, -0.2) is 53.0 Å². The molecule has 8 nitrogen and oxygen atoms in total. The zero-order chi connectivity index (χ0) is 23.5. The highest BCUT2D eigenvalue weighted by Gasteiger charge is 2.33. The van der Waals surface area contributed by atoms with Crippen LogP contribution >= 0.6 is 0 Å². The second-order valence-electron chi connectivity index (χ2n) is 8.49. The monoisotopic (exact) mass is 440 g/mol. The van der Waals surface area contributed by atoms with Crippen molar-refractivity contribution in [2.75, 3.05) is 13.2 Å². The van der Waals surface area contributed by atoms with Crippen molar-refractivity contribution >= 4 is 18.0 Å². The maximum Gasteiger partial charge on any atom is 0.407 e. The number of alkyl carbamates (subject to hydrolysis) is 1. The van der Waals surface area contributed by atoms with Crippen LogP contribution in [0.1, 0.15) is 37.8 Å². The molecule has 32 heavy (non-hydrogen) atoms. The Morgan fingerprint density at radius 3 is 2.06 bits per heavy atom. The highest BCUT2D eigenvalue weighted by molar-refractivity contribution is 5.87. The minimum Gasteiger partial charge on any atom is -0.479 e. The van der Waals surface area contributed by atoms with Crippen molar-refractivity contribution in [3.8, 4) is 11.1 Å². The number of carbonyl (C=O) groups is 3. The van der Waals surface area contributed by atoms with E-state index in [2.05, 4.69) is 10.6 Å². The van der Waals surface area contributed by atoms with Crippen molar-refractivity contribution in [1.29, 1.82) is 0 Å². The van der Waals surface area contributed by atoms with E-state index < -0.39 is 36.2 Å². The number of fused-ring (bicyclic) bond motifs is 3. The normalized spacial score (nSPS) is 15.3. The maximum atomic E-state index is 12.5. The van der Waals surface area contributed by atoms with E-state index in [1.807, 2.05) is 48.5 Å². The zero-order valence-corrected chi connectivity index (χ0v) is 18.3. The van der Waals surface area contributed by atoms with Crippen molar-refractivity contribution in [1.82, 2.24) is 10.6 Å². The third-order valence-electron chi connectivity index (χ3n) is 5.63. The van der Waals surface area contributed by atoms with Crippen molar-refractivity contribution in [3.05, 3.63) is 59.7 Å². The summed E-state index contributed by atoms with van der Waals surface area (Å²) in [6, 6.07) is 15.0. The summed E-state index contributed by atoms with van der Waals surface area (Å²) in [4.78, 5) is 36.0. The molecule has 2 amide bonds. The van der Waals surface area contributed by atoms with Gasteiger partial charge >= 0.3 is 12.1 Å². The topological polar surface area (TPSA) is 125 Å². The van der Waals surface area contributed by atoms with Crippen LogP contribution in [0, 0.1) is 5.92 Å². The molecule has 0 aromatic heterocycles. The standard InChI is InChI=1S/C24H28N2O6/c1-14(2)20(21(27)25-13-24(3,31)22(28)29)26-23(30)32-12-19-17-10-6-4-8-15(17)16-9-5-7-11-18(16)19/h4-11,14,19-20,31H,12-13H2,1-3H3,(H,25,27)(H,26,30)(H,28,29)/t20-,24?/m0/s1. The number of carboxylic acid groups (broad SMARTS) is 1. The lowest BCUT2D eigenvalue weighted by atomic mass is 9.98. The van der Waals surface area contributed by atoms with Gasteiger partial charge < -0.3 is 25.6 Å². The van der Waals surface area contributed by atoms with Crippen molar-refractivity contribution in [2.45, 2.75) is 38.3 Å². The zero-order valence-electron chi connectivity index (χ0n) is 18.3. The van der Waals surface area contributed by atoms with E-state index in [4.69, 9.17) is 9.84 Å². The number of hydrogen-bond donors (Lipinski definition) is 4. The quantitative estimate of drug-likeness (QED) is 0.500. The Balaban J connectivity index is 1.63. The second kappa shape index (κ2) is 9.40. The molecule has 4 N–H and O–H groups in total. The third kappa shape index (κ3) is 4.91. The lowest BCUT2D eigenvalue weighted by Gasteiger charge is -2.24. The average Bonchev–Trinajstić information content (AvgIpc) is 3.08. The lowest BCUT2D eigenvalue weighted by Crippen LogP contribution is -2.54. The van der Waals surface area contributed by atoms with Gasteiger partial charge in [-0.2, -0.15) is 0 Å². The van der Waals surface area contributed by atoms with Crippen LogP contribution in [0.15, 0.2) is 48.5 Å². The number of carboxylic acids is 1. The summed E-state index contributed by atoms with van der Waals surface area (Å²) < 4.78 is 5.48. The molecule has 0 aliphatic heterocycles. The molecule has 3 rings (SSSR count). The Morgan fingerprint density at radius 1 is 1.03 bits per heavy atom. The summed E-state index contributed by atoms with van der Waals surface area (Å²) in [7, 11) is 0. The number of benzene rings is 2. The van der Waals surface area contributed by atoms with E-state index in [9.17, 15) is 19.5 Å². The van der Waals surface area contributed by atoms with Crippen LogP contribution in [0.4, 0.5) is 4.79 Å². The van der Waals surface area contributed by atoms with Crippen molar-refractivity contribution in [3.63, 3.8) is 0 Å². The smallest absolute Gasteiger partial charge is 0.407 e. The molecule has 1 aliphatic carbocycles. The Labute approximate surface area is 186 Å². The summed E-state index contributed by atoms with van der Waals surface area (Å²) >= 11 is 0. The predicted octanol–water partition coefficient (Wildman–Crippen LogP) is 2.50. The molecule has 170 valence electrons. The van der Waals surface area contributed by atoms with E-state index in [-0.39, 0.29) is 18.4 Å². The molecule has 0 spiro atoms. The van der Waals surface area contributed by atoms with Gasteiger partial charge in [0.15, 0.2) is 5.60 Å². The molecule has 1 unspecified atom stereocenters. The van der Waals surface area contributed by atoms with E-state index in [0.29, 0.717) is 0 Å². The van der Waals surface area contributed by atoms with Gasteiger partial charge in [0.25, 0.3) is 0 Å². The fraction of sp³-hybridized carbons (Fsp3) is 0.375. The van der Waals surface area contributed by atoms with Crippen molar-refractivity contribution < 1.29 is 29.3 Å². The van der Waals surface area contributed by atoms with Crippen LogP contribution in [0.5, 0.6) is 0 Å². The average molecular weight is 440 g/mol. The molecular weight excluding hydrogens is 412 g/mol. The SMILES string of the molecule is CC(C)[C@H](NC(=O)OCC1c2ccccc2-c2ccccc21)C(=O)NCC(C)(O)C(=O)O. The summed E-state index contributed by atoms with van der Waals surface area (Å²) in [5.74, 6) is -2.45. The van der Waals surface area contributed by atoms with Crippen LogP contribution in [0.25, 0.3) is 11.1 Å². The van der Waals surface area contributed by atoms with Gasteiger partial charge in [-0.1, -0.05) is 62.4 Å². The first-order valence-corrected chi connectivity index (χ1v) is 10.5. The molecule has 0 saturated carbocycles. The third-order valence-corrected chi connectivity index (χ3v) is 5.63. The fourth-order valence-electron chi connectivity index (χ4n) is 3.75. The van der Waals surface area contributed by atoms with Gasteiger partial charge in [0.2, 0.25) is 5.91 Å². The molecule has 2 aromatic rings. The second-order valence-corrected chi connectivity index (χ2v) is 8.49. The lowest BCUT2D eigenvalue weighted by molar-refractivity contribution is -0.156.